The van der Waals surface area contributed by atoms with E-state index in [0.717, 1.165) is 18.8 Å². The molecule has 0 unspecified atom stereocenters. The van der Waals surface area contributed by atoms with Crippen molar-refractivity contribution in [3.63, 3.8) is 0 Å². The second-order valence-corrected chi connectivity index (χ2v) is 5.83. The van der Waals surface area contributed by atoms with Gasteiger partial charge in [0.15, 0.2) is 11.5 Å². The van der Waals surface area contributed by atoms with Crippen molar-refractivity contribution in [3.05, 3.63) is 24.3 Å². The van der Waals surface area contributed by atoms with Crippen LogP contribution >= 0.6 is 0 Å². The first-order valence-corrected chi connectivity index (χ1v) is 7.41. The standard InChI is InChI=1S/C16H21NO3/c1-11-6-8-12(9-7-11)17-16(18)15-10-19-13-4-2-3-5-14(13)20-15/h2-5,11-12,15H,6-10H2,1H3,(H,17,18)/t11?,12?,15-/m0/s1. The number of ether oxygens (including phenoxy) is 2. The lowest BCUT2D eigenvalue weighted by atomic mass is 9.87. The van der Waals surface area contributed by atoms with Crippen LogP contribution in [-0.2, 0) is 4.79 Å². The fourth-order valence-electron chi connectivity index (χ4n) is 2.85. The maximum absolute atomic E-state index is 12.2. The van der Waals surface area contributed by atoms with Gasteiger partial charge in [0.1, 0.15) is 6.61 Å². The van der Waals surface area contributed by atoms with E-state index in [1.807, 2.05) is 24.3 Å². The molecule has 0 radical (unpaired) electrons. The third-order valence-corrected chi connectivity index (χ3v) is 4.16. The third kappa shape index (κ3) is 2.89. The number of carbonyl (C=O) groups is 1. The highest BCUT2D eigenvalue weighted by Gasteiger charge is 2.29. The normalized spacial score (nSPS) is 28.8. The number of para-hydroxylation sites is 2. The maximum atomic E-state index is 12.2. The molecule has 4 nitrogen and oxygen atoms in total. The smallest absolute Gasteiger partial charge is 0.264 e. The predicted octanol–water partition coefficient (Wildman–Crippen LogP) is 2.52. The Labute approximate surface area is 119 Å². The highest BCUT2D eigenvalue weighted by Crippen LogP contribution is 2.31. The Balaban J connectivity index is 1.56. The van der Waals surface area contributed by atoms with Crippen molar-refractivity contribution in [2.24, 2.45) is 5.92 Å². The molecule has 108 valence electrons. The number of fused-ring (bicyclic) bond motifs is 1. The number of rotatable bonds is 2. The average molecular weight is 275 g/mol. The minimum atomic E-state index is -0.538. The lowest BCUT2D eigenvalue weighted by Gasteiger charge is -2.30. The van der Waals surface area contributed by atoms with E-state index in [-0.39, 0.29) is 12.5 Å². The lowest BCUT2D eigenvalue weighted by molar-refractivity contribution is -0.131. The first-order chi connectivity index (χ1) is 9.72. The SMILES string of the molecule is CC1CCC(NC(=O)[C@@H]2COc3ccccc3O2)CC1. The summed E-state index contributed by atoms with van der Waals surface area (Å²) in [5, 5.41) is 3.10. The summed E-state index contributed by atoms with van der Waals surface area (Å²) in [6, 6.07) is 7.75. The van der Waals surface area contributed by atoms with Crippen LogP contribution in [0.2, 0.25) is 0 Å². The molecular formula is C16H21NO3. The first kappa shape index (κ1) is 13.3. The molecule has 0 aromatic heterocycles. The van der Waals surface area contributed by atoms with Crippen molar-refractivity contribution >= 4 is 5.91 Å². The predicted molar refractivity (Wildman–Crippen MR) is 75.9 cm³/mol. The van der Waals surface area contributed by atoms with Crippen molar-refractivity contribution in [3.8, 4) is 11.5 Å². The second kappa shape index (κ2) is 5.73. The Kier molecular flexibility index (Phi) is 3.81. The molecule has 1 heterocycles. The van der Waals surface area contributed by atoms with Crippen LogP contribution in [0.15, 0.2) is 24.3 Å². The topological polar surface area (TPSA) is 47.6 Å². The number of hydrogen-bond donors (Lipinski definition) is 1. The van der Waals surface area contributed by atoms with Crippen LogP contribution < -0.4 is 14.8 Å². The summed E-state index contributed by atoms with van der Waals surface area (Å²) in [6.45, 7) is 2.55. The van der Waals surface area contributed by atoms with Gasteiger partial charge in [-0.15, -0.1) is 0 Å². The van der Waals surface area contributed by atoms with Gasteiger partial charge in [-0.1, -0.05) is 19.1 Å². The summed E-state index contributed by atoms with van der Waals surface area (Å²) in [4.78, 5) is 12.2. The molecule has 2 aliphatic rings. The summed E-state index contributed by atoms with van der Waals surface area (Å²) >= 11 is 0. The third-order valence-electron chi connectivity index (χ3n) is 4.16. The molecule has 0 bridgehead atoms. The van der Waals surface area contributed by atoms with E-state index in [1.165, 1.54) is 12.8 Å². The molecule has 4 heteroatoms. The van der Waals surface area contributed by atoms with Crippen LogP contribution in [0.1, 0.15) is 32.6 Å². The molecule has 1 aromatic rings. The molecule has 3 rings (SSSR count). The number of amides is 1. The van der Waals surface area contributed by atoms with E-state index in [4.69, 9.17) is 9.47 Å². The molecule has 1 saturated carbocycles. The lowest BCUT2D eigenvalue weighted by Crippen LogP contribution is -2.48. The Morgan fingerprint density at radius 1 is 1.15 bits per heavy atom. The highest BCUT2D eigenvalue weighted by atomic mass is 16.6. The van der Waals surface area contributed by atoms with Crippen LogP contribution in [0.4, 0.5) is 0 Å². The summed E-state index contributed by atoms with van der Waals surface area (Å²) in [7, 11) is 0. The van der Waals surface area contributed by atoms with Crippen molar-refractivity contribution < 1.29 is 14.3 Å². The molecular weight excluding hydrogens is 254 g/mol. The zero-order valence-corrected chi connectivity index (χ0v) is 11.8. The molecule has 1 aromatic carbocycles. The van der Waals surface area contributed by atoms with E-state index in [1.54, 1.807) is 0 Å². The van der Waals surface area contributed by atoms with Crippen LogP contribution in [0.5, 0.6) is 11.5 Å². The molecule has 1 amide bonds. The van der Waals surface area contributed by atoms with Crippen LogP contribution in [0.25, 0.3) is 0 Å². The molecule has 1 aliphatic carbocycles. The number of carbonyl (C=O) groups excluding carboxylic acids is 1. The van der Waals surface area contributed by atoms with E-state index in [2.05, 4.69) is 12.2 Å². The minimum absolute atomic E-state index is 0.0564. The number of hydrogen-bond acceptors (Lipinski definition) is 3. The Bertz CT molecular complexity index is 480. The fourth-order valence-corrected chi connectivity index (χ4v) is 2.85. The van der Waals surface area contributed by atoms with Gasteiger partial charge in [0.2, 0.25) is 6.10 Å². The maximum Gasteiger partial charge on any atom is 0.264 e. The largest absolute Gasteiger partial charge is 0.485 e. The van der Waals surface area contributed by atoms with Crippen LogP contribution in [0, 0.1) is 5.92 Å². The Morgan fingerprint density at radius 3 is 2.60 bits per heavy atom. The molecule has 0 saturated heterocycles. The van der Waals surface area contributed by atoms with Crippen LogP contribution in [-0.4, -0.2) is 24.7 Å². The minimum Gasteiger partial charge on any atom is -0.485 e. The monoisotopic (exact) mass is 275 g/mol. The van der Waals surface area contributed by atoms with Gasteiger partial charge in [-0.25, -0.2) is 0 Å². The molecule has 20 heavy (non-hydrogen) atoms. The molecule has 1 aliphatic heterocycles. The van der Waals surface area contributed by atoms with E-state index >= 15 is 0 Å². The van der Waals surface area contributed by atoms with Gasteiger partial charge < -0.3 is 14.8 Å². The van der Waals surface area contributed by atoms with Gasteiger partial charge in [-0.05, 0) is 43.7 Å². The summed E-state index contributed by atoms with van der Waals surface area (Å²) in [5.41, 5.74) is 0. The molecule has 1 N–H and O–H groups in total. The van der Waals surface area contributed by atoms with E-state index < -0.39 is 6.10 Å². The number of benzene rings is 1. The Hall–Kier alpha value is -1.71. The van der Waals surface area contributed by atoms with Gasteiger partial charge >= 0.3 is 0 Å². The summed E-state index contributed by atoms with van der Waals surface area (Å²) < 4.78 is 11.3. The van der Waals surface area contributed by atoms with Gasteiger partial charge in [0.25, 0.3) is 5.91 Å². The van der Waals surface area contributed by atoms with E-state index in [9.17, 15) is 4.79 Å². The van der Waals surface area contributed by atoms with Crippen molar-refractivity contribution in [1.82, 2.24) is 5.32 Å². The van der Waals surface area contributed by atoms with Crippen molar-refractivity contribution in [2.75, 3.05) is 6.61 Å². The number of nitrogens with one attached hydrogen (secondary N) is 1. The van der Waals surface area contributed by atoms with Crippen molar-refractivity contribution in [2.45, 2.75) is 44.8 Å². The van der Waals surface area contributed by atoms with Crippen molar-refractivity contribution in [1.29, 1.82) is 0 Å². The highest BCUT2D eigenvalue weighted by molar-refractivity contribution is 5.82. The quantitative estimate of drug-likeness (QED) is 0.902. The van der Waals surface area contributed by atoms with Gasteiger partial charge in [-0.2, -0.15) is 0 Å². The summed E-state index contributed by atoms with van der Waals surface area (Å²) in [5.74, 6) is 2.09. The Morgan fingerprint density at radius 2 is 1.85 bits per heavy atom. The summed E-state index contributed by atoms with van der Waals surface area (Å²) in [6.07, 6.45) is 3.98. The molecule has 1 atom stereocenters. The molecule has 0 spiro atoms. The van der Waals surface area contributed by atoms with Gasteiger partial charge in [-0.3, -0.25) is 4.79 Å². The fraction of sp³-hybridized carbons (Fsp3) is 0.562. The molecule has 1 fully saturated rings. The van der Waals surface area contributed by atoms with E-state index in [0.29, 0.717) is 17.5 Å². The zero-order valence-electron chi connectivity index (χ0n) is 11.8. The second-order valence-electron chi connectivity index (χ2n) is 5.83. The average Bonchev–Trinajstić information content (AvgIpc) is 2.49. The zero-order chi connectivity index (χ0) is 13.9. The van der Waals surface area contributed by atoms with Gasteiger partial charge in [0.05, 0.1) is 0 Å². The van der Waals surface area contributed by atoms with Crippen LogP contribution in [0.3, 0.4) is 0 Å². The first-order valence-electron chi connectivity index (χ1n) is 7.41. The van der Waals surface area contributed by atoms with Gasteiger partial charge in [0, 0.05) is 6.04 Å².